The number of nitrogens with one attached hydrogen (secondary N) is 2. The Kier molecular flexibility index (Phi) is 5.92. The molecule has 0 atom stereocenters. The van der Waals surface area contributed by atoms with Crippen LogP contribution in [0.3, 0.4) is 0 Å². The van der Waals surface area contributed by atoms with Crippen LogP contribution in [0.25, 0.3) is 0 Å². The van der Waals surface area contributed by atoms with Crippen molar-refractivity contribution in [1.29, 1.82) is 5.26 Å². The highest BCUT2D eigenvalue weighted by Gasteiger charge is 2.11. The molecule has 2 N–H and O–H groups in total. The minimum absolute atomic E-state index is 0.278. The number of nitrogens with zero attached hydrogens (tertiary/aromatic N) is 1. The molecule has 0 saturated carbocycles. The van der Waals surface area contributed by atoms with Gasteiger partial charge >= 0.3 is 0 Å². The van der Waals surface area contributed by atoms with E-state index >= 15 is 0 Å². The predicted molar refractivity (Wildman–Crippen MR) is 89.2 cm³/mol. The van der Waals surface area contributed by atoms with Gasteiger partial charge in [0.15, 0.2) is 0 Å². The number of nitriles is 1. The molecule has 0 bridgehead atoms. The molecule has 6 nitrogen and oxygen atoms in total. The summed E-state index contributed by atoms with van der Waals surface area (Å²) in [6.45, 7) is 0.278. The van der Waals surface area contributed by atoms with Gasteiger partial charge < -0.3 is 15.4 Å². The number of hydrogen-bond acceptors (Lipinski definition) is 4. The lowest BCUT2D eigenvalue weighted by Gasteiger charge is -2.10. The van der Waals surface area contributed by atoms with Crippen molar-refractivity contribution in [3.8, 4) is 11.8 Å². The van der Waals surface area contributed by atoms with Gasteiger partial charge in [-0.25, -0.2) is 0 Å². The second-order valence-corrected chi connectivity index (χ2v) is 5.01. The van der Waals surface area contributed by atoms with Gasteiger partial charge in [-0.15, -0.1) is 0 Å². The molecule has 122 valence electrons. The molecular formula is C18H17N3O3. The van der Waals surface area contributed by atoms with Crippen LogP contribution in [0.5, 0.6) is 5.75 Å². The summed E-state index contributed by atoms with van der Waals surface area (Å²) in [6, 6.07) is 15.8. The van der Waals surface area contributed by atoms with Crippen molar-refractivity contribution in [2.24, 2.45) is 0 Å². The molecule has 0 heterocycles. The Morgan fingerprint density at radius 1 is 1.12 bits per heavy atom. The molecule has 0 fully saturated rings. The van der Waals surface area contributed by atoms with Crippen LogP contribution in [0.15, 0.2) is 48.5 Å². The van der Waals surface area contributed by atoms with Crippen molar-refractivity contribution >= 4 is 17.5 Å². The average molecular weight is 323 g/mol. The van der Waals surface area contributed by atoms with Crippen molar-refractivity contribution in [2.45, 2.75) is 13.0 Å². The largest absolute Gasteiger partial charge is 0.496 e. The third-order valence-electron chi connectivity index (χ3n) is 3.27. The van der Waals surface area contributed by atoms with Crippen LogP contribution >= 0.6 is 0 Å². The summed E-state index contributed by atoms with van der Waals surface area (Å²) in [4.78, 5) is 23.8. The standard InChI is InChI=1S/C18H17N3O3/c1-24-16-8-3-2-6-14(16)12-20-17(22)10-18(23)21-15-7-4-5-13(9-15)11-19/h2-9H,10,12H2,1H3,(H,20,22)(H,21,23). The molecule has 2 rings (SSSR count). The van der Waals surface area contributed by atoms with E-state index in [-0.39, 0.29) is 13.0 Å². The van der Waals surface area contributed by atoms with E-state index in [2.05, 4.69) is 10.6 Å². The van der Waals surface area contributed by atoms with E-state index in [4.69, 9.17) is 10.00 Å². The average Bonchev–Trinajstić information content (AvgIpc) is 2.60. The normalized spacial score (nSPS) is 9.67. The minimum Gasteiger partial charge on any atom is -0.496 e. The number of rotatable bonds is 6. The first kappa shape index (κ1) is 17.0. The first-order valence-corrected chi connectivity index (χ1v) is 7.31. The van der Waals surface area contributed by atoms with Crippen LogP contribution in [0.2, 0.25) is 0 Å². The third-order valence-corrected chi connectivity index (χ3v) is 3.27. The molecule has 2 aromatic rings. The smallest absolute Gasteiger partial charge is 0.233 e. The van der Waals surface area contributed by atoms with Gasteiger partial charge in [-0.05, 0) is 24.3 Å². The maximum atomic E-state index is 11.9. The fourth-order valence-electron chi connectivity index (χ4n) is 2.12. The monoisotopic (exact) mass is 323 g/mol. The van der Waals surface area contributed by atoms with Gasteiger partial charge in [0, 0.05) is 17.8 Å². The molecule has 24 heavy (non-hydrogen) atoms. The van der Waals surface area contributed by atoms with E-state index in [1.54, 1.807) is 37.4 Å². The van der Waals surface area contributed by atoms with Gasteiger partial charge in [0.25, 0.3) is 0 Å². The maximum Gasteiger partial charge on any atom is 0.233 e. The Hall–Kier alpha value is -3.33. The van der Waals surface area contributed by atoms with Crippen LogP contribution < -0.4 is 15.4 Å². The zero-order valence-corrected chi connectivity index (χ0v) is 13.2. The number of ether oxygens (including phenoxy) is 1. The summed E-state index contributed by atoms with van der Waals surface area (Å²) in [5.41, 5.74) is 1.75. The molecule has 0 aromatic heterocycles. The number of para-hydroxylation sites is 1. The highest BCUT2D eigenvalue weighted by atomic mass is 16.5. The Morgan fingerprint density at radius 2 is 1.92 bits per heavy atom. The summed E-state index contributed by atoms with van der Waals surface area (Å²) in [7, 11) is 1.56. The minimum atomic E-state index is -0.442. The zero-order valence-electron chi connectivity index (χ0n) is 13.2. The molecule has 0 spiro atoms. The van der Waals surface area contributed by atoms with Crippen LogP contribution in [0.1, 0.15) is 17.5 Å². The van der Waals surface area contributed by atoms with Gasteiger partial charge in [-0.1, -0.05) is 24.3 Å². The molecule has 0 radical (unpaired) electrons. The van der Waals surface area contributed by atoms with Crippen molar-refractivity contribution in [3.63, 3.8) is 0 Å². The van der Waals surface area contributed by atoms with Crippen molar-refractivity contribution in [3.05, 3.63) is 59.7 Å². The number of benzene rings is 2. The number of methoxy groups -OCH3 is 1. The summed E-state index contributed by atoms with van der Waals surface area (Å²) in [5.74, 6) is -0.159. The lowest BCUT2D eigenvalue weighted by Crippen LogP contribution is -2.27. The number of carbonyl (C=O) groups is 2. The molecule has 0 saturated heterocycles. The topological polar surface area (TPSA) is 91.2 Å². The second-order valence-electron chi connectivity index (χ2n) is 5.01. The molecule has 0 aliphatic heterocycles. The number of hydrogen-bond donors (Lipinski definition) is 2. The van der Waals surface area contributed by atoms with Crippen LogP contribution in [0.4, 0.5) is 5.69 Å². The Labute approximate surface area is 140 Å². The predicted octanol–water partition coefficient (Wildman–Crippen LogP) is 2.21. The van der Waals surface area contributed by atoms with Crippen LogP contribution in [-0.2, 0) is 16.1 Å². The number of amides is 2. The lowest BCUT2D eigenvalue weighted by molar-refractivity contribution is -0.126. The molecule has 2 aromatic carbocycles. The zero-order chi connectivity index (χ0) is 17.4. The van der Waals surface area contributed by atoms with Gasteiger partial charge in [0.2, 0.25) is 11.8 Å². The molecule has 0 unspecified atom stereocenters. The number of carbonyl (C=O) groups excluding carboxylic acids is 2. The Balaban J connectivity index is 1.85. The molecule has 2 amide bonds. The van der Waals surface area contributed by atoms with Gasteiger partial charge in [0.1, 0.15) is 12.2 Å². The van der Waals surface area contributed by atoms with Crippen molar-refractivity contribution in [2.75, 3.05) is 12.4 Å². The first-order valence-electron chi connectivity index (χ1n) is 7.31. The van der Waals surface area contributed by atoms with Gasteiger partial charge in [-0.2, -0.15) is 5.26 Å². The third kappa shape index (κ3) is 4.85. The quantitative estimate of drug-likeness (QED) is 0.797. The second kappa shape index (κ2) is 8.34. The molecule has 0 aliphatic carbocycles. The van der Waals surface area contributed by atoms with E-state index in [1.807, 2.05) is 24.3 Å². The van der Waals surface area contributed by atoms with Crippen molar-refractivity contribution < 1.29 is 14.3 Å². The molecule has 6 heteroatoms. The lowest BCUT2D eigenvalue weighted by atomic mass is 10.2. The number of anilines is 1. The van der Waals surface area contributed by atoms with E-state index in [9.17, 15) is 9.59 Å². The van der Waals surface area contributed by atoms with Gasteiger partial charge in [-0.3, -0.25) is 9.59 Å². The van der Waals surface area contributed by atoms with Crippen LogP contribution in [-0.4, -0.2) is 18.9 Å². The fourth-order valence-corrected chi connectivity index (χ4v) is 2.12. The van der Waals surface area contributed by atoms with Gasteiger partial charge in [0.05, 0.1) is 18.7 Å². The summed E-state index contributed by atoms with van der Waals surface area (Å²) < 4.78 is 5.20. The summed E-state index contributed by atoms with van der Waals surface area (Å²) in [5, 5.41) is 14.1. The SMILES string of the molecule is COc1ccccc1CNC(=O)CC(=O)Nc1cccc(C#N)c1. The van der Waals surface area contributed by atoms with E-state index in [0.29, 0.717) is 17.0 Å². The van der Waals surface area contributed by atoms with Crippen LogP contribution in [0, 0.1) is 11.3 Å². The van der Waals surface area contributed by atoms with Crippen molar-refractivity contribution in [1.82, 2.24) is 5.32 Å². The Bertz CT molecular complexity index is 781. The molecular weight excluding hydrogens is 306 g/mol. The first-order chi connectivity index (χ1) is 11.6. The highest BCUT2D eigenvalue weighted by molar-refractivity contribution is 6.03. The summed E-state index contributed by atoms with van der Waals surface area (Å²) in [6.07, 6.45) is -0.300. The Morgan fingerprint density at radius 3 is 2.67 bits per heavy atom. The van der Waals surface area contributed by atoms with E-state index in [1.165, 1.54) is 0 Å². The van der Waals surface area contributed by atoms with E-state index in [0.717, 1.165) is 5.56 Å². The summed E-state index contributed by atoms with van der Waals surface area (Å²) >= 11 is 0. The highest BCUT2D eigenvalue weighted by Crippen LogP contribution is 2.16. The fraction of sp³-hybridized carbons (Fsp3) is 0.167. The maximum absolute atomic E-state index is 11.9. The van der Waals surface area contributed by atoms with E-state index < -0.39 is 11.8 Å². The molecule has 0 aliphatic rings.